The maximum atomic E-state index is 13.5. The maximum Gasteiger partial charge on any atom is 0.324 e. The fourth-order valence-electron chi connectivity index (χ4n) is 4.34. The molecule has 1 aromatic carbocycles. The van der Waals surface area contributed by atoms with E-state index < -0.39 is 0 Å². The first kappa shape index (κ1) is 23.4. The van der Waals surface area contributed by atoms with E-state index in [9.17, 15) is 4.79 Å². The molecule has 34 heavy (non-hydrogen) atoms. The van der Waals surface area contributed by atoms with Crippen LogP contribution in [0.2, 0.25) is 0 Å². The molecule has 2 amide bonds. The fraction of sp³-hybridized carbons (Fsp3) is 0.423. The standard InChI is InChI=1S/C26H31N5O3/c1-3-4-5-17-34-24-18-21(7-8-23(24)33-2)31-14-6-13-30(26(31)32)19-20-9-12-28-25-22(20)10-15-29(25)16-11-27/h7-10,12,15,18H,3-6,13-14,16-17,19H2,1-2H3. The quantitative estimate of drug-likeness (QED) is 0.398. The van der Waals surface area contributed by atoms with Gasteiger partial charge in [0, 0.05) is 49.2 Å². The lowest BCUT2D eigenvalue weighted by atomic mass is 10.1. The lowest BCUT2D eigenvalue weighted by Crippen LogP contribution is -2.49. The molecule has 8 heteroatoms. The number of amides is 2. The number of carbonyl (C=O) groups excluding carboxylic acids is 1. The van der Waals surface area contributed by atoms with Crippen molar-refractivity contribution in [2.75, 3.05) is 31.7 Å². The Labute approximate surface area is 200 Å². The first-order valence-electron chi connectivity index (χ1n) is 11.8. The van der Waals surface area contributed by atoms with Gasteiger partial charge in [-0.15, -0.1) is 0 Å². The Morgan fingerprint density at radius 1 is 1.15 bits per heavy atom. The van der Waals surface area contributed by atoms with Crippen molar-refractivity contribution in [1.29, 1.82) is 5.26 Å². The zero-order chi connectivity index (χ0) is 23.9. The number of unbranched alkanes of at least 4 members (excludes halogenated alkanes) is 2. The van der Waals surface area contributed by atoms with Gasteiger partial charge in [0.2, 0.25) is 0 Å². The van der Waals surface area contributed by atoms with Gasteiger partial charge in [-0.05, 0) is 42.7 Å². The summed E-state index contributed by atoms with van der Waals surface area (Å²) in [6.45, 7) is 4.86. The van der Waals surface area contributed by atoms with Gasteiger partial charge < -0.3 is 18.9 Å². The van der Waals surface area contributed by atoms with Crippen LogP contribution in [0.3, 0.4) is 0 Å². The number of hydrogen-bond donors (Lipinski definition) is 0. The van der Waals surface area contributed by atoms with Crippen LogP contribution in [0, 0.1) is 11.3 Å². The summed E-state index contributed by atoms with van der Waals surface area (Å²) in [6.07, 6.45) is 7.71. The number of anilines is 1. The van der Waals surface area contributed by atoms with Gasteiger partial charge in [0.05, 0.1) is 19.8 Å². The number of nitrogens with zero attached hydrogens (tertiary/aromatic N) is 5. The van der Waals surface area contributed by atoms with Crippen LogP contribution in [0.1, 0.15) is 38.2 Å². The molecule has 0 spiro atoms. The van der Waals surface area contributed by atoms with E-state index in [1.807, 2.05) is 46.0 Å². The summed E-state index contributed by atoms with van der Waals surface area (Å²) in [6, 6.07) is 11.7. The highest BCUT2D eigenvalue weighted by molar-refractivity contribution is 5.93. The molecule has 3 heterocycles. The van der Waals surface area contributed by atoms with E-state index in [1.165, 1.54) is 0 Å². The number of aromatic nitrogens is 2. The third kappa shape index (κ3) is 4.93. The lowest BCUT2D eigenvalue weighted by Gasteiger charge is -2.36. The fourth-order valence-corrected chi connectivity index (χ4v) is 4.34. The predicted molar refractivity (Wildman–Crippen MR) is 131 cm³/mol. The van der Waals surface area contributed by atoms with Gasteiger partial charge in [-0.25, -0.2) is 9.78 Å². The van der Waals surface area contributed by atoms with E-state index in [0.717, 1.165) is 48.0 Å². The van der Waals surface area contributed by atoms with Gasteiger partial charge in [0.25, 0.3) is 0 Å². The highest BCUT2D eigenvalue weighted by Crippen LogP contribution is 2.33. The molecule has 4 rings (SSSR count). The molecule has 1 aliphatic heterocycles. The van der Waals surface area contributed by atoms with Crippen molar-refractivity contribution in [2.45, 2.75) is 45.7 Å². The van der Waals surface area contributed by atoms with Crippen molar-refractivity contribution in [2.24, 2.45) is 0 Å². The molecule has 1 saturated heterocycles. The first-order valence-corrected chi connectivity index (χ1v) is 11.8. The molecular formula is C26H31N5O3. The smallest absolute Gasteiger partial charge is 0.324 e. The molecule has 0 unspecified atom stereocenters. The van der Waals surface area contributed by atoms with E-state index in [2.05, 4.69) is 18.0 Å². The molecule has 0 radical (unpaired) electrons. The van der Waals surface area contributed by atoms with E-state index in [-0.39, 0.29) is 12.6 Å². The van der Waals surface area contributed by atoms with Crippen LogP contribution in [-0.4, -0.2) is 47.3 Å². The van der Waals surface area contributed by atoms with Crippen LogP contribution in [0.5, 0.6) is 11.5 Å². The van der Waals surface area contributed by atoms with Crippen LogP contribution in [0.25, 0.3) is 11.0 Å². The second kappa shape index (κ2) is 10.9. The molecule has 0 atom stereocenters. The summed E-state index contributed by atoms with van der Waals surface area (Å²) in [5, 5.41) is 10.0. The van der Waals surface area contributed by atoms with E-state index >= 15 is 0 Å². The monoisotopic (exact) mass is 461 g/mol. The lowest BCUT2D eigenvalue weighted by molar-refractivity contribution is 0.192. The summed E-state index contributed by atoms with van der Waals surface area (Å²) in [7, 11) is 1.63. The van der Waals surface area contributed by atoms with Crippen molar-refractivity contribution in [3.63, 3.8) is 0 Å². The molecule has 8 nitrogen and oxygen atoms in total. The number of benzene rings is 1. The van der Waals surface area contributed by atoms with Crippen LogP contribution in [0.15, 0.2) is 42.7 Å². The molecule has 3 aromatic rings. The number of ether oxygens (including phenoxy) is 2. The van der Waals surface area contributed by atoms with Gasteiger partial charge >= 0.3 is 6.03 Å². The summed E-state index contributed by atoms with van der Waals surface area (Å²) in [4.78, 5) is 21.6. The Morgan fingerprint density at radius 2 is 2.03 bits per heavy atom. The topological polar surface area (TPSA) is 83.6 Å². The summed E-state index contributed by atoms with van der Waals surface area (Å²) < 4.78 is 13.3. The van der Waals surface area contributed by atoms with Crippen LogP contribution in [-0.2, 0) is 13.1 Å². The van der Waals surface area contributed by atoms with Crippen molar-refractivity contribution < 1.29 is 14.3 Å². The van der Waals surface area contributed by atoms with Gasteiger partial charge in [0.1, 0.15) is 12.2 Å². The minimum Gasteiger partial charge on any atom is -0.493 e. The Balaban J connectivity index is 1.52. The second-order valence-corrected chi connectivity index (χ2v) is 8.41. The number of nitriles is 1. The van der Waals surface area contributed by atoms with Crippen molar-refractivity contribution >= 4 is 22.8 Å². The molecule has 0 saturated carbocycles. The maximum absolute atomic E-state index is 13.5. The number of urea groups is 1. The average molecular weight is 462 g/mol. The van der Waals surface area contributed by atoms with Gasteiger partial charge in [-0.3, -0.25) is 4.90 Å². The molecule has 2 aromatic heterocycles. The second-order valence-electron chi connectivity index (χ2n) is 8.41. The number of methoxy groups -OCH3 is 1. The van der Waals surface area contributed by atoms with E-state index in [1.54, 1.807) is 18.2 Å². The summed E-state index contributed by atoms with van der Waals surface area (Å²) in [5.41, 5.74) is 2.59. The number of fused-ring (bicyclic) bond motifs is 1. The molecule has 1 aliphatic rings. The van der Waals surface area contributed by atoms with Crippen molar-refractivity contribution in [3.05, 3.63) is 48.3 Å². The summed E-state index contributed by atoms with van der Waals surface area (Å²) in [5.74, 6) is 1.33. The molecule has 178 valence electrons. The number of carbonyl (C=O) groups is 1. The van der Waals surface area contributed by atoms with Gasteiger partial charge in [-0.2, -0.15) is 5.26 Å². The molecule has 0 aliphatic carbocycles. The zero-order valence-corrected chi connectivity index (χ0v) is 19.9. The molecule has 0 N–H and O–H groups in total. The third-order valence-corrected chi connectivity index (χ3v) is 6.13. The SMILES string of the molecule is CCCCCOc1cc(N2CCCN(Cc3ccnc4c3ccn4CC#N)C2=O)ccc1OC. The highest BCUT2D eigenvalue weighted by Gasteiger charge is 2.28. The minimum atomic E-state index is -0.0326. The Kier molecular flexibility index (Phi) is 7.53. The molecular weight excluding hydrogens is 430 g/mol. The minimum absolute atomic E-state index is 0.0326. The van der Waals surface area contributed by atoms with E-state index in [0.29, 0.717) is 37.7 Å². The van der Waals surface area contributed by atoms with Crippen molar-refractivity contribution in [3.8, 4) is 17.6 Å². The molecule has 0 bridgehead atoms. The zero-order valence-electron chi connectivity index (χ0n) is 19.9. The molecule has 1 fully saturated rings. The van der Waals surface area contributed by atoms with Gasteiger partial charge in [-0.1, -0.05) is 19.8 Å². The van der Waals surface area contributed by atoms with E-state index in [4.69, 9.17) is 14.7 Å². The van der Waals surface area contributed by atoms with Crippen LogP contribution < -0.4 is 14.4 Å². The number of pyridine rings is 1. The number of rotatable bonds is 10. The first-order chi connectivity index (χ1) is 16.7. The summed E-state index contributed by atoms with van der Waals surface area (Å²) >= 11 is 0. The van der Waals surface area contributed by atoms with Crippen LogP contribution in [0.4, 0.5) is 10.5 Å². The number of hydrogen-bond acceptors (Lipinski definition) is 5. The predicted octanol–water partition coefficient (Wildman–Crippen LogP) is 4.97. The normalized spacial score (nSPS) is 13.9. The Morgan fingerprint density at radius 3 is 2.82 bits per heavy atom. The Hall–Kier alpha value is -3.73. The van der Waals surface area contributed by atoms with Gasteiger partial charge in [0.15, 0.2) is 11.5 Å². The average Bonchev–Trinajstić information content (AvgIpc) is 3.27. The Bertz CT molecular complexity index is 1180. The largest absolute Gasteiger partial charge is 0.493 e. The highest BCUT2D eigenvalue weighted by atomic mass is 16.5. The van der Waals surface area contributed by atoms with Crippen molar-refractivity contribution in [1.82, 2.24) is 14.5 Å². The van der Waals surface area contributed by atoms with Crippen LogP contribution >= 0.6 is 0 Å². The third-order valence-electron chi connectivity index (χ3n) is 6.13.